The van der Waals surface area contributed by atoms with Gasteiger partial charge in [-0.15, -0.1) is 13.2 Å². The summed E-state index contributed by atoms with van der Waals surface area (Å²) < 4.78 is 18.0. The van der Waals surface area contributed by atoms with Gasteiger partial charge in [-0.1, -0.05) is 19.1 Å². The van der Waals surface area contributed by atoms with Crippen LogP contribution in [0.1, 0.15) is 46.0 Å². The van der Waals surface area contributed by atoms with Crippen molar-refractivity contribution in [3.05, 3.63) is 73.8 Å². The van der Waals surface area contributed by atoms with Gasteiger partial charge in [0.2, 0.25) is 11.8 Å². The Bertz CT molecular complexity index is 1460. The molecule has 5 rings (SSSR count). The van der Waals surface area contributed by atoms with Crippen LogP contribution in [-0.4, -0.2) is 84.9 Å². The number of hydrogen-bond donors (Lipinski definition) is 1. The van der Waals surface area contributed by atoms with Crippen LogP contribution in [0.25, 0.3) is 0 Å². The lowest BCUT2D eigenvalue weighted by Crippen LogP contribution is -2.56. The third kappa shape index (κ3) is 5.93. The van der Waals surface area contributed by atoms with Crippen LogP contribution in [-0.2, 0) is 19.1 Å². The fraction of sp³-hybridized carbons (Fsp3) is 0.486. The van der Waals surface area contributed by atoms with E-state index in [1.54, 1.807) is 58.2 Å². The fourth-order valence-corrected chi connectivity index (χ4v) is 7.88. The number of methoxy groups -OCH3 is 1. The van der Waals surface area contributed by atoms with Gasteiger partial charge in [0.15, 0.2) is 0 Å². The standard InChI is InChI=1S/C37H47N3O7/c1-6-22-38(26-14-18-29(19-15-26)46-9-4)33(42)30-31-34(43)40(24-10-11-25-41)32(37(31)21-20-36(30,8-3)47-37)35(44)39(23-7-2)27-12-16-28(45-5)17-13-27/h6-7,12-19,30-32,41H,1-2,8-11,20-25H2,3-5H3/t30-,31+,32?,36+,37?/m1/s1. The summed E-state index contributed by atoms with van der Waals surface area (Å²) in [5.41, 5.74) is -0.789. The van der Waals surface area contributed by atoms with Crippen molar-refractivity contribution in [3.8, 4) is 11.5 Å². The average Bonchev–Trinajstić information content (AvgIpc) is 3.70. The number of likely N-dealkylation sites (tertiary alicyclic amines) is 1. The number of hydrogen-bond acceptors (Lipinski definition) is 7. The average molecular weight is 646 g/mol. The largest absolute Gasteiger partial charge is 0.497 e. The van der Waals surface area contributed by atoms with Crippen LogP contribution in [0.5, 0.6) is 11.5 Å². The van der Waals surface area contributed by atoms with Crippen molar-refractivity contribution in [2.75, 3.05) is 49.8 Å². The first kappa shape index (κ1) is 34.2. The maximum atomic E-state index is 14.8. The van der Waals surface area contributed by atoms with Gasteiger partial charge in [-0.2, -0.15) is 0 Å². The van der Waals surface area contributed by atoms with E-state index >= 15 is 0 Å². The third-order valence-electron chi connectivity index (χ3n) is 9.99. The van der Waals surface area contributed by atoms with E-state index in [1.165, 1.54) is 0 Å². The van der Waals surface area contributed by atoms with Crippen molar-refractivity contribution in [2.45, 2.75) is 63.2 Å². The molecule has 0 saturated carbocycles. The van der Waals surface area contributed by atoms with Crippen molar-refractivity contribution < 1.29 is 33.7 Å². The highest BCUT2D eigenvalue weighted by atomic mass is 16.5. The molecular formula is C37H47N3O7. The smallest absolute Gasteiger partial charge is 0.253 e. The number of nitrogens with zero attached hydrogens (tertiary/aromatic N) is 3. The number of anilines is 2. The summed E-state index contributed by atoms with van der Waals surface area (Å²) in [7, 11) is 1.58. The molecule has 3 amide bonds. The summed E-state index contributed by atoms with van der Waals surface area (Å²) >= 11 is 0. The second kappa shape index (κ2) is 14.3. The molecule has 10 nitrogen and oxygen atoms in total. The minimum absolute atomic E-state index is 0.0290. The molecule has 0 radical (unpaired) electrons. The van der Waals surface area contributed by atoms with Crippen LogP contribution >= 0.6 is 0 Å². The minimum atomic E-state index is -1.19. The highest BCUT2D eigenvalue weighted by Crippen LogP contribution is 2.65. The van der Waals surface area contributed by atoms with E-state index in [1.807, 2.05) is 38.1 Å². The van der Waals surface area contributed by atoms with Crippen molar-refractivity contribution in [1.82, 2.24) is 4.90 Å². The predicted octanol–water partition coefficient (Wildman–Crippen LogP) is 4.76. The van der Waals surface area contributed by atoms with Gasteiger partial charge in [-0.3, -0.25) is 14.4 Å². The molecule has 3 fully saturated rings. The summed E-state index contributed by atoms with van der Waals surface area (Å²) in [5, 5.41) is 9.55. The Balaban J connectivity index is 1.57. The normalized spacial score (nSPS) is 25.7. The highest BCUT2D eigenvalue weighted by molar-refractivity contribution is 6.07. The lowest BCUT2D eigenvalue weighted by atomic mass is 9.64. The number of fused-ring (bicyclic) bond motifs is 1. The molecule has 10 heteroatoms. The van der Waals surface area contributed by atoms with Crippen LogP contribution in [0.4, 0.5) is 11.4 Å². The third-order valence-corrected chi connectivity index (χ3v) is 9.99. The molecule has 2 bridgehead atoms. The van der Waals surface area contributed by atoms with Gasteiger partial charge in [0, 0.05) is 37.6 Å². The Hall–Kier alpha value is -4.15. The Labute approximate surface area is 277 Å². The van der Waals surface area contributed by atoms with Crippen LogP contribution in [0, 0.1) is 11.8 Å². The topological polar surface area (TPSA) is 109 Å². The molecule has 3 aliphatic rings. The van der Waals surface area contributed by atoms with Crippen molar-refractivity contribution >= 4 is 29.1 Å². The molecule has 252 valence electrons. The van der Waals surface area contributed by atoms with Gasteiger partial charge in [-0.05, 0) is 87.6 Å². The minimum Gasteiger partial charge on any atom is -0.497 e. The van der Waals surface area contributed by atoms with E-state index < -0.39 is 29.1 Å². The molecular weight excluding hydrogens is 598 g/mol. The number of aliphatic hydroxyl groups excluding tert-OH is 1. The molecule has 1 N–H and O–H groups in total. The van der Waals surface area contributed by atoms with Gasteiger partial charge < -0.3 is 34.0 Å². The molecule has 47 heavy (non-hydrogen) atoms. The molecule has 0 aromatic heterocycles. The van der Waals surface area contributed by atoms with E-state index in [2.05, 4.69) is 13.2 Å². The van der Waals surface area contributed by atoms with Crippen LogP contribution in [0.2, 0.25) is 0 Å². The number of carbonyl (C=O) groups is 3. The van der Waals surface area contributed by atoms with Crippen LogP contribution < -0.4 is 19.3 Å². The van der Waals surface area contributed by atoms with E-state index in [-0.39, 0.29) is 44.0 Å². The Morgan fingerprint density at radius 2 is 1.55 bits per heavy atom. The summed E-state index contributed by atoms with van der Waals surface area (Å²) in [6.07, 6.45) is 5.84. The van der Waals surface area contributed by atoms with Crippen LogP contribution in [0.3, 0.4) is 0 Å². The van der Waals surface area contributed by atoms with E-state index in [0.29, 0.717) is 61.6 Å². The van der Waals surface area contributed by atoms with Crippen molar-refractivity contribution in [2.24, 2.45) is 11.8 Å². The number of unbranched alkanes of at least 4 members (excludes halogenated alkanes) is 1. The molecule has 3 heterocycles. The zero-order valence-corrected chi connectivity index (χ0v) is 27.7. The number of rotatable bonds is 16. The highest BCUT2D eigenvalue weighted by Gasteiger charge is 2.79. The Kier molecular flexibility index (Phi) is 10.4. The summed E-state index contributed by atoms with van der Waals surface area (Å²) in [6, 6.07) is 13.5. The SMILES string of the molecule is C=CCN(C(=O)C1N(CCCCO)C(=O)[C@@H]2[C@H](C(=O)N(CC=C)c3ccc(OCC)cc3)[C@]3(CC)CCC12O3)c1ccc(OC)cc1. The molecule has 3 aliphatic heterocycles. The predicted molar refractivity (Wildman–Crippen MR) is 181 cm³/mol. The van der Waals surface area contributed by atoms with Crippen LogP contribution in [0.15, 0.2) is 73.8 Å². The number of aliphatic hydroxyl groups is 1. The van der Waals surface area contributed by atoms with Crippen molar-refractivity contribution in [1.29, 1.82) is 0 Å². The molecule has 2 aromatic carbocycles. The molecule has 2 aromatic rings. The zero-order chi connectivity index (χ0) is 33.8. The molecule has 5 atom stereocenters. The summed E-state index contributed by atoms with van der Waals surface area (Å²) in [5.74, 6) is -1.06. The summed E-state index contributed by atoms with van der Waals surface area (Å²) in [4.78, 5) is 49.2. The Morgan fingerprint density at radius 3 is 2.09 bits per heavy atom. The molecule has 1 spiro atoms. The van der Waals surface area contributed by atoms with E-state index in [9.17, 15) is 19.5 Å². The molecule has 0 aliphatic carbocycles. The number of benzene rings is 2. The number of ether oxygens (including phenoxy) is 3. The molecule has 3 saturated heterocycles. The monoisotopic (exact) mass is 645 g/mol. The first-order valence-electron chi connectivity index (χ1n) is 16.6. The molecule has 2 unspecified atom stereocenters. The number of carbonyl (C=O) groups excluding carboxylic acids is 3. The first-order chi connectivity index (χ1) is 22.7. The second-order valence-corrected chi connectivity index (χ2v) is 12.4. The van der Waals surface area contributed by atoms with Gasteiger partial charge in [-0.25, -0.2) is 0 Å². The summed E-state index contributed by atoms with van der Waals surface area (Å²) in [6.45, 7) is 12.9. The van der Waals surface area contributed by atoms with E-state index in [0.717, 1.165) is 0 Å². The van der Waals surface area contributed by atoms with E-state index in [4.69, 9.17) is 14.2 Å². The lowest BCUT2D eigenvalue weighted by molar-refractivity contribution is -0.146. The Morgan fingerprint density at radius 1 is 0.957 bits per heavy atom. The van der Waals surface area contributed by atoms with Gasteiger partial charge in [0.1, 0.15) is 23.1 Å². The van der Waals surface area contributed by atoms with Gasteiger partial charge in [0.25, 0.3) is 5.91 Å². The maximum Gasteiger partial charge on any atom is 0.253 e. The lowest BCUT2D eigenvalue weighted by Gasteiger charge is -2.37. The number of amides is 3. The van der Waals surface area contributed by atoms with Crippen molar-refractivity contribution in [3.63, 3.8) is 0 Å². The maximum absolute atomic E-state index is 14.8. The van der Waals surface area contributed by atoms with Gasteiger partial charge in [0.05, 0.1) is 31.2 Å². The second-order valence-electron chi connectivity index (χ2n) is 12.4. The van der Waals surface area contributed by atoms with Gasteiger partial charge >= 0.3 is 0 Å². The quantitative estimate of drug-likeness (QED) is 0.207. The fourth-order valence-electron chi connectivity index (χ4n) is 7.88. The zero-order valence-electron chi connectivity index (χ0n) is 27.7. The first-order valence-corrected chi connectivity index (χ1v) is 16.6.